The Morgan fingerprint density at radius 3 is 2.33 bits per heavy atom. The third-order valence-electron chi connectivity index (χ3n) is 6.02. The van der Waals surface area contributed by atoms with Crippen LogP contribution in [-0.4, -0.2) is 48.1 Å². The SMILES string of the molecule is O=S(=O)(c1ccc(O)cc1)C1CCN(C(O)C2CC(c3ccccc3)C2)C1. The zero-order chi connectivity index (χ0) is 19.0. The number of aliphatic hydroxyl groups excluding tert-OH is 1. The maximum Gasteiger partial charge on any atom is 0.182 e. The number of aliphatic hydroxyl groups is 1. The van der Waals surface area contributed by atoms with E-state index >= 15 is 0 Å². The van der Waals surface area contributed by atoms with Gasteiger partial charge in [-0.25, -0.2) is 8.42 Å². The van der Waals surface area contributed by atoms with Crippen LogP contribution in [0.2, 0.25) is 0 Å². The second kappa shape index (κ2) is 7.26. The summed E-state index contributed by atoms with van der Waals surface area (Å²) < 4.78 is 25.6. The van der Waals surface area contributed by atoms with E-state index in [1.807, 2.05) is 23.1 Å². The molecule has 0 aromatic heterocycles. The summed E-state index contributed by atoms with van der Waals surface area (Å²) in [6.07, 6.45) is 1.83. The topological polar surface area (TPSA) is 77.8 Å². The number of nitrogens with zero attached hydrogens (tertiary/aromatic N) is 1. The fourth-order valence-electron chi connectivity index (χ4n) is 4.28. The molecule has 144 valence electrons. The van der Waals surface area contributed by atoms with Crippen LogP contribution in [0.5, 0.6) is 5.75 Å². The van der Waals surface area contributed by atoms with Crippen LogP contribution >= 0.6 is 0 Å². The maximum atomic E-state index is 12.8. The summed E-state index contributed by atoms with van der Waals surface area (Å²) in [5.74, 6) is 0.741. The van der Waals surface area contributed by atoms with Gasteiger partial charge in [-0.2, -0.15) is 0 Å². The fourth-order valence-corrected chi connectivity index (χ4v) is 5.98. The van der Waals surface area contributed by atoms with Gasteiger partial charge in [-0.1, -0.05) is 30.3 Å². The van der Waals surface area contributed by atoms with Crippen molar-refractivity contribution in [2.45, 2.75) is 41.6 Å². The number of rotatable bonds is 5. The number of aromatic hydroxyl groups is 1. The molecule has 27 heavy (non-hydrogen) atoms. The molecule has 1 saturated carbocycles. The van der Waals surface area contributed by atoms with Gasteiger partial charge in [-0.15, -0.1) is 0 Å². The zero-order valence-electron chi connectivity index (χ0n) is 15.1. The molecule has 2 aromatic rings. The van der Waals surface area contributed by atoms with Crippen LogP contribution in [0.4, 0.5) is 0 Å². The minimum Gasteiger partial charge on any atom is -0.508 e. The van der Waals surface area contributed by atoms with Gasteiger partial charge < -0.3 is 10.2 Å². The number of hydrogen-bond acceptors (Lipinski definition) is 5. The zero-order valence-corrected chi connectivity index (χ0v) is 15.9. The maximum absolute atomic E-state index is 12.8. The molecule has 0 spiro atoms. The largest absolute Gasteiger partial charge is 0.508 e. The molecule has 5 nitrogen and oxygen atoms in total. The molecule has 2 aliphatic rings. The monoisotopic (exact) mass is 387 g/mol. The van der Waals surface area contributed by atoms with Crippen molar-refractivity contribution in [3.05, 3.63) is 60.2 Å². The van der Waals surface area contributed by atoms with Crippen molar-refractivity contribution in [1.82, 2.24) is 4.90 Å². The second-order valence-corrected chi connectivity index (χ2v) is 9.93. The van der Waals surface area contributed by atoms with E-state index in [0.29, 0.717) is 25.4 Å². The fraction of sp³-hybridized carbons (Fsp3) is 0.429. The Bertz CT molecular complexity index is 876. The number of phenols is 1. The van der Waals surface area contributed by atoms with E-state index < -0.39 is 21.3 Å². The molecule has 2 fully saturated rings. The van der Waals surface area contributed by atoms with Crippen LogP contribution in [0, 0.1) is 5.92 Å². The molecule has 2 aromatic carbocycles. The van der Waals surface area contributed by atoms with E-state index in [4.69, 9.17) is 0 Å². The average Bonchev–Trinajstić information content (AvgIpc) is 3.13. The molecule has 0 amide bonds. The van der Waals surface area contributed by atoms with Gasteiger partial charge in [0.15, 0.2) is 9.84 Å². The summed E-state index contributed by atoms with van der Waals surface area (Å²) in [5, 5.41) is 19.6. The Morgan fingerprint density at radius 2 is 1.67 bits per heavy atom. The third kappa shape index (κ3) is 3.61. The van der Waals surface area contributed by atoms with Crippen LogP contribution in [-0.2, 0) is 9.84 Å². The van der Waals surface area contributed by atoms with Crippen molar-refractivity contribution in [3.63, 3.8) is 0 Å². The lowest BCUT2D eigenvalue weighted by Crippen LogP contribution is -2.44. The van der Waals surface area contributed by atoms with Gasteiger partial charge in [0.1, 0.15) is 12.0 Å². The average molecular weight is 388 g/mol. The minimum absolute atomic E-state index is 0.0513. The van der Waals surface area contributed by atoms with Crippen LogP contribution in [0.15, 0.2) is 59.5 Å². The number of likely N-dealkylation sites (tertiary alicyclic amines) is 1. The summed E-state index contributed by atoms with van der Waals surface area (Å²) >= 11 is 0. The Morgan fingerprint density at radius 1 is 1.00 bits per heavy atom. The van der Waals surface area contributed by atoms with Gasteiger partial charge in [-0.3, -0.25) is 4.90 Å². The summed E-state index contributed by atoms with van der Waals surface area (Å²) in [5.41, 5.74) is 1.31. The van der Waals surface area contributed by atoms with Gasteiger partial charge in [0.25, 0.3) is 0 Å². The summed E-state index contributed by atoms with van der Waals surface area (Å²) in [6.45, 7) is 0.951. The summed E-state index contributed by atoms with van der Waals surface area (Å²) in [7, 11) is -3.45. The first-order valence-corrected chi connectivity index (χ1v) is 11.0. The molecule has 6 heteroatoms. The van der Waals surface area contributed by atoms with Crippen molar-refractivity contribution in [2.75, 3.05) is 13.1 Å². The molecule has 1 aliphatic carbocycles. The van der Waals surface area contributed by atoms with Crippen LogP contribution < -0.4 is 0 Å². The molecule has 1 heterocycles. The lowest BCUT2D eigenvalue weighted by atomic mass is 9.70. The Hall–Kier alpha value is -1.89. The highest BCUT2D eigenvalue weighted by atomic mass is 32.2. The molecule has 0 bridgehead atoms. The molecule has 4 rings (SSSR count). The molecule has 1 saturated heterocycles. The standard InChI is InChI=1S/C21H25NO4S/c23-18-6-8-19(9-7-18)27(25,26)20-10-11-22(14-20)21(24)17-12-16(13-17)15-4-2-1-3-5-15/h1-9,16-17,20-21,23-24H,10-14H2. The normalized spacial score (nSPS) is 27.2. The molecule has 2 N–H and O–H groups in total. The molecule has 2 atom stereocenters. The highest BCUT2D eigenvalue weighted by molar-refractivity contribution is 7.92. The first kappa shape index (κ1) is 18.5. The molecule has 0 radical (unpaired) electrons. The predicted octanol–water partition coefficient (Wildman–Crippen LogP) is 2.75. The van der Waals surface area contributed by atoms with Crippen LogP contribution in [0.3, 0.4) is 0 Å². The van der Waals surface area contributed by atoms with Crippen molar-refractivity contribution in [1.29, 1.82) is 0 Å². The smallest absolute Gasteiger partial charge is 0.182 e. The predicted molar refractivity (Wildman–Crippen MR) is 103 cm³/mol. The Labute approximate surface area is 160 Å². The highest BCUT2D eigenvalue weighted by Gasteiger charge is 2.42. The first-order valence-electron chi connectivity index (χ1n) is 9.45. The van der Waals surface area contributed by atoms with Crippen LogP contribution in [0.25, 0.3) is 0 Å². The van der Waals surface area contributed by atoms with Crippen LogP contribution in [0.1, 0.15) is 30.7 Å². The number of benzene rings is 2. The number of hydrogen-bond donors (Lipinski definition) is 2. The Kier molecular flexibility index (Phi) is 4.97. The molecular formula is C21H25NO4S. The van der Waals surface area contributed by atoms with Gasteiger partial charge in [0.05, 0.1) is 10.1 Å². The quantitative estimate of drug-likeness (QED) is 0.825. The van der Waals surface area contributed by atoms with Gasteiger partial charge in [0.2, 0.25) is 0 Å². The van der Waals surface area contributed by atoms with E-state index in [9.17, 15) is 18.6 Å². The molecule has 1 aliphatic heterocycles. The molecule has 2 unspecified atom stereocenters. The highest BCUT2D eigenvalue weighted by Crippen LogP contribution is 2.44. The Balaban J connectivity index is 1.36. The van der Waals surface area contributed by atoms with E-state index in [1.165, 1.54) is 29.8 Å². The van der Waals surface area contributed by atoms with Crippen molar-refractivity contribution in [2.24, 2.45) is 5.92 Å². The van der Waals surface area contributed by atoms with E-state index in [0.717, 1.165) is 12.8 Å². The van der Waals surface area contributed by atoms with E-state index in [1.54, 1.807) is 0 Å². The minimum atomic E-state index is -3.45. The van der Waals surface area contributed by atoms with Crippen molar-refractivity contribution < 1.29 is 18.6 Å². The van der Waals surface area contributed by atoms with Gasteiger partial charge in [0, 0.05) is 13.1 Å². The lowest BCUT2D eigenvalue weighted by Gasteiger charge is -2.41. The van der Waals surface area contributed by atoms with Crippen molar-refractivity contribution in [3.8, 4) is 5.75 Å². The second-order valence-electron chi connectivity index (χ2n) is 7.70. The summed E-state index contributed by atoms with van der Waals surface area (Å²) in [4.78, 5) is 2.14. The van der Waals surface area contributed by atoms with Gasteiger partial charge >= 0.3 is 0 Å². The first-order chi connectivity index (χ1) is 12.9. The lowest BCUT2D eigenvalue weighted by molar-refractivity contribution is -0.0589. The van der Waals surface area contributed by atoms with E-state index in [-0.39, 0.29) is 16.6 Å². The van der Waals surface area contributed by atoms with Gasteiger partial charge in [-0.05, 0) is 60.9 Å². The third-order valence-corrected chi connectivity index (χ3v) is 8.21. The summed E-state index contributed by atoms with van der Waals surface area (Å²) in [6, 6.07) is 16.0. The molecular weight excluding hydrogens is 362 g/mol. The number of phenolic OH excluding ortho intramolecular Hbond substituents is 1. The van der Waals surface area contributed by atoms with E-state index in [2.05, 4.69) is 12.1 Å². The van der Waals surface area contributed by atoms with Crippen molar-refractivity contribution >= 4 is 9.84 Å². The number of sulfone groups is 1.